The van der Waals surface area contributed by atoms with Crippen LogP contribution in [-0.4, -0.2) is 10.9 Å². The lowest BCUT2D eigenvalue weighted by molar-refractivity contribution is -0.110. The van der Waals surface area contributed by atoms with Crippen molar-refractivity contribution in [1.82, 2.24) is 4.98 Å². The molecule has 1 amide bonds. The number of rotatable bonds is 1. The number of halogens is 1. The van der Waals surface area contributed by atoms with Crippen LogP contribution in [0.1, 0.15) is 11.3 Å². The number of amides is 1. The van der Waals surface area contributed by atoms with E-state index < -0.39 is 0 Å². The van der Waals surface area contributed by atoms with Crippen molar-refractivity contribution >= 4 is 34.8 Å². The van der Waals surface area contributed by atoms with Gasteiger partial charge in [-0.15, -0.1) is 0 Å². The fourth-order valence-corrected chi connectivity index (χ4v) is 2.08. The number of fused-ring (bicyclic) bond motifs is 1. The molecule has 0 aliphatic carbocycles. The summed E-state index contributed by atoms with van der Waals surface area (Å²) in [6.07, 6.45) is 3.45. The van der Waals surface area contributed by atoms with Crippen LogP contribution < -0.4 is 5.32 Å². The lowest BCUT2D eigenvalue weighted by Gasteiger charge is -1.99. The smallest absolute Gasteiger partial charge is 0.256 e. The van der Waals surface area contributed by atoms with Gasteiger partial charge < -0.3 is 5.32 Å². The average Bonchev–Trinajstić information content (AvgIpc) is 2.67. The molecule has 3 rings (SSSR count). The predicted octanol–water partition coefficient (Wildman–Crippen LogP) is 3.23. The monoisotopic (exact) mass is 256 g/mol. The van der Waals surface area contributed by atoms with E-state index >= 15 is 0 Å². The third-order valence-corrected chi connectivity index (χ3v) is 2.98. The van der Waals surface area contributed by atoms with Crippen LogP contribution in [0.25, 0.3) is 11.6 Å². The quantitative estimate of drug-likeness (QED) is 0.796. The zero-order valence-electron chi connectivity index (χ0n) is 9.35. The summed E-state index contributed by atoms with van der Waals surface area (Å²) >= 11 is 5.96. The standard InChI is InChI=1S/C14H9ClN2O/c15-9-4-5-13-11(7-9)12(14(18)17-13)8-10-3-1-2-6-16-10/h1-8H,(H,17,18)/b12-8+. The summed E-state index contributed by atoms with van der Waals surface area (Å²) in [5, 5.41) is 3.41. The zero-order valence-corrected chi connectivity index (χ0v) is 10.1. The Bertz CT molecular complexity index is 650. The van der Waals surface area contributed by atoms with Crippen molar-refractivity contribution in [2.75, 3.05) is 5.32 Å². The zero-order chi connectivity index (χ0) is 12.5. The summed E-state index contributed by atoms with van der Waals surface area (Å²) in [5.74, 6) is -0.127. The Morgan fingerprint density at radius 2 is 2.11 bits per heavy atom. The number of pyridine rings is 1. The Balaban J connectivity index is 2.12. The normalized spacial score (nSPS) is 15.6. The van der Waals surface area contributed by atoms with E-state index in [4.69, 9.17) is 11.6 Å². The van der Waals surface area contributed by atoms with E-state index in [1.165, 1.54) is 0 Å². The summed E-state index contributed by atoms with van der Waals surface area (Å²) in [4.78, 5) is 16.1. The first-order valence-corrected chi connectivity index (χ1v) is 5.86. The van der Waals surface area contributed by atoms with Crippen molar-refractivity contribution in [3.63, 3.8) is 0 Å². The van der Waals surface area contributed by atoms with Crippen LogP contribution in [-0.2, 0) is 4.79 Å². The van der Waals surface area contributed by atoms with Crippen molar-refractivity contribution in [3.8, 4) is 0 Å². The number of benzene rings is 1. The molecule has 0 fully saturated rings. The minimum absolute atomic E-state index is 0.127. The van der Waals surface area contributed by atoms with Crippen LogP contribution in [0.5, 0.6) is 0 Å². The Labute approximate surface area is 109 Å². The first-order valence-electron chi connectivity index (χ1n) is 5.48. The molecule has 0 saturated heterocycles. The average molecular weight is 257 g/mol. The van der Waals surface area contributed by atoms with E-state index in [-0.39, 0.29) is 5.91 Å². The van der Waals surface area contributed by atoms with Crippen LogP contribution in [0, 0.1) is 0 Å². The maximum absolute atomic E-state index is 11.9. The van der Waals surface area contributed by atoms with Gasteiger partial charge in [0.25, 0.3) is 5.91 Å². The molecule has 88 valence electrons. The highest BCUT2D eigenvalue weighted by Crippen LogP contribution is 2.34. The topological polar surface area (TPSA) is 42.0 Å². The molecule has 2 aromatic rings. The van der Waals surface area contributed by atoms with Crippen molar-refractivity contribution in [2.24, 2.45) is 0 Å². The molecule has 0 atom stereocenters. The van der Waals surface area contributed by atoms with Gasteiger partial charge in [0, 0.05) is 22.5 Å². The van der Waals surface area contributed by atoms with Gasteiger partial charge in [0.15, 0.2) is 0 Å². The Morgan fingerprint density at radius 1 is 1.22 bits per heavy atom. The van der Waals surface area contributed by atoms with E-state index in [1.54, 1.807) is 30.5 Å². The number of nitrogens with zero attached hydrogens (tertiary/aromatic N) is 1. The summed E-state index contributed by atoms with van der Waals surface area (Å²) in [6.45, 7) is 0. The number of nitrogens with one attached hydrogen (secondary N) is 1. The highest BCUT2D eigenvalue weighted by atomic mass is 35.5. The van der Waals surface area contributed by atoms with Gasteiger partial charge in [-0.2, -0.15) is 0 Å². The number of carbonyl (C=O) groups excluding carboxylic acids is 1. The molecular formula is C14H9ClN2O. The van der Waals surface area contributed by atoms with Gasteiger partial charge in [-0.3, -0.25) is 9.78 Å². The van der Waals surface area contributed by atoms with E-state index in [1.807, 2.05) is 18.2 Å². The predicted molar refractivity (Wildman–Crippen MR) is 72.2 cm³/mol. The summed E-state index contributed by atoms with van der Waals surface area (Å²) in [7, 11) is 0. The third kappa shape index (κ3) is 1.89. The molecule has 1 aromatic carbocycles. The van der Waals surface area contributed by atoms with Gasteiger partial charge in [-0.25, -0.2) is 0 Å². The Kier molecular flexibility index (Phi) is 2.61. The fraction of sp³-hybridized carbons (Fsp3) is 0. The molecule has 1 aliphatic rings. The second-order valence-corrected chi connectivity index (χ2v) is 4.39. The minimum atomic E-state index is -0.127. The first-order chi connectivity index (χ1) is 8.74. The summed E-state index contributed by atoms with van der Waals surface area (Å²) in [6, 6.07) is 10.9. The molecule has 3 nitrogen and oxygen atoms in total. The van der Waals surface area contributed by atoms with Crippen LogP contribution in [0.3, 0.4) is 0 Å². The molecule has 0 bridgehead atoms. The molecule has 18 heavy (non-hydrogen) atoms. The molecule has 2 heterocycles. The molecular weight excluding hydrogens is 248 g/mol. The van der Waals surface area contributed by atoms with E-state index in [0.29, 0.717) is 10.6 Å². The number of hydrogen-bond donors (Lipinski definition) is 1. The van der Waals surface area contributed by atoms with Gasteiger partial charge in [-0.05, 0) is 36.4 Å². The minimum Gasteiger partial charge on any atom is -0.321 e. The molecule has 4 heteroatoms. The Morgan fingerprint density at radius 3 is 2.89 bits per heavy atom. The van der Waals surface area contributed by atoms with Crippen LogP contribution in [0.4, 0.5) is 5.69 Å². The summed E-state index contributed by atoms with van der Waals surface area (Å²) in [5.41, 5.74) is 2.94. The van der Waals surface area contributed by atoms with Gasteiger partial charge in [-0.1, -0.05) is 17.7 Å². The number of aromatic nitrogens is 1. The van der Waals surface area contributed by atoms with Gasteiger partial charge in [0.1, 0.15) is 0 Å². The molecule has 1 N–H and O–H groups in total. The maximum atomic E-state index is 11.9. The lowest BCUT2D eigenvalue weighted by atomic mass is 10.1. The first kappa shape index (κ1) is 11.0. The van der Waals surface area contributed by atoms with Gasteiger partial charge in [0.2, 0.25) is 0 Å². The van der Waals surface area contributed by atoms with Crippen LogP contribution in [0.2, 0.25) is 5.02 Å². The molecule has 0 spiro atoms. The van der Waals surface area contributed by atoms with Crippen LogP contribution >= 0.6 is 11.6 Å². The van der Waals surface area contributed by atoms with Crippen molar-refractivity contribution < 1.29 is 4.79 Å². The van der Waals surface area contributed by atoms with Gasteiger partial charge in [0.05, 0.1) is 11.3 Å². The molecule has 0 radical (unpaired) electrons. The maximum Gasteiger partial charge on any atom is 0.256 e. The van der Waals surface area contributed by atoms with Gasteiger partial charge >= 0.3 is 0 Å². The lowest BCUT2D eigenvalue weighted by Crippen LogP contribution is -2.03. The second-order valence-electron chi connectivity index (χ2n) is 3.96. The Hall–Kier alpha value is -2.13. The summed E-state index contributed by atoms with van der Waals surface area (Å²) < 4.78 is 0. The molecule has 0 saturated carbocycles. The van der Waals surface area contributed by atoms with Crippen molar-refractivity contribution in [3.05, 3.63) is 58.9 Å². The second kappa shape index (κ2) is 4.27. The highest BCUT2D eigenvalue weighted by Gasteiger charge is 2.24. The largest absolute Gasteiger partial charge is 0.321 e. The molecule has 1 aliphatic heterocycles. The molecule has 1 aromatic heterocycles. The highest BCUT2D eigenvalue weighted by molar-refractivity contribution is 6.36. The van der Waals surface area contributed by atoms with Crippen molar-refractivity contribution in [2.45, 2.75) is 0 Å². The van der Waals surface area contributed by atoms with Crippen LogP contribution in [0.15, 0.2) is 42.6 Å². The SMILES string of the molecule is O=C1Nc2ccc(Cl)cc2/C1=C\c1ccccn1. The van der Waals surface area contributed by atoms with E-state index in [9.17, 15) is 4.79 Å². The third-order valence-electron chi connectivity index (χ3n) is 2.74. The number of carbonyl (C=O) groups is 1. The number of hydrogen-bond acceptors (Lipinski definition) is 2. The van der Waals surface area contributed by atoms with E-state index in [2.05, 4.69) is 10.3 Å². The van der Waals surface area contributed by atoms with Crippen molar-refractivity contribution in [1.29, 1.82) is 0 Å². The van der Waals surface area contributed by atoms with E-state index in [0.717, 1.165) is 16.9 Å². The molecule has 0 unspecified atom stereocenters. The number of anilines is 1. The fourth-order valence-electron chi connectivity index (χ4n) is 1.91.